The van der Waals surface area contributed by atoms with E-state index >= 15 is 0 Å². The number of carbonyl (C=O) groups is 3. The largest absolute Gasteiger partial charge is 0.486 e. The number of hydrogen-bond donors (Lipinski definition) is 1. The SMILES string of the molecule is O=C(Nc1ccc2c(c1)OCO2)C1CCN(C(=O)[C@H]2CC(=O)N(c3ccc4c(c3)OCCO4)C2)CC1. The van der Waals surface area contributed by atoms with Crippen molar-refractivity contribution < 1.29 is 33.3 Å². The Hall–Kier alpha value is -3.95. The van der Waals surface area contributed by atoms with Crippen molar-refractivity contribution in [3.8, 4) is 23.0 Å². The Labute approximate surface area is 208 Å². The van der Waals surface area contributed by atoms with Gasteiger partial charge in [-0.05, 0) is 37.1 Å². The van der Waals surface area contributed by atoms with Gasteiger partial charge >= 0.3 is 0 Å². The van der Waals surface area contributed by atoms with E-state index in [9.17, 15) is 14.4 Å². The molecule has 0 unspecified atom stereocenters. The molecule has 36 heavy (non-hydrogen) atoms. The Morgan fingerprint density at radius 2 is 1.53 bits per heavy atom. The lowest BCUT2D eigenvalue weighted by molar-refractivity contribution is -0.138. The Kier molecular flexibility index (Phi) is 5.79. The predicted octanol–water partition coefficient (Wildman–Crippen LogP) is 2.42. The van der Waals surface area contributed by atoms with Crippen LogP contribution in [0.2, 0.25) is 0 Å². The molecule has 0 bridgehead atoms. The van der Waals surface area contributed by atoms with Gasteiger partial charge in [-0.2, -0.15) is 0 Å². The fraction of sp³-hybridized carbons (Fsp3) is 0.423. The molecule has 0 aromatic heterocycles. The number of piperidine rings is 1. The number of fused-ring (bicyclic) bond motifs is 2. The number of nitrogens with zero attached hydrogens (tertiary/aromatic N) is 2. The molecule has 0 spiro atoms. The standard InChI is InChI=1S/C26H27N3O7/c30-24-11-17(14-29(24)19-2-4-20-23(13-19)34-10-9-33-20)26(32)28-7-5-16(6-8-28)25(31)27-18-1-3-21-22(12-18)36-15-35-21/h1-4,12-13,16-17H,5-11,14-15H2,(H,27,31)/t17-/m0/s1. The van der Waals surface area contributed by atoms with Gasteiger partial charge < -0.3 is 34.1 Å². The van der Waals surface area contributed by atoms with Crippen molar-refractivity contribution in [2.45, 2.75) is 19.3 Å². The first kappa shape index (κ1) is 22.5. The molecule has 1 N–H and O–H groups in total. The fourth-order valence-electron chi connectivity index (χ4n) is 5.16. The number of ether oxygens (including phenoxy) is 4. The van der Waals surface area contributed by atoms with E-state index in [-0.39, 0.29) is 36.9 Å². The summed E-state index contributed by atoms with van der Waals surface area (Å²) in [4.78, 5) is 42.2. The summed E-state index contributed by atoms with van der Waals surface area (Å²) in [6.45, 7) is 2.47. The highest BCUT2D eigenvalue weighted by molar-refractivity contribution is 6.00. The van der Waals surface area contributed by atoms with Gasteiger partial charge in [0.05, 0.1) is 5.92 Å². The van der Waals surface area contributed by atoms with Crippen LogP contribution < -0.4 is 29.2 Å². The minimum absolute atomic E-state index is 0.0296. The van der Waals surface area contributed by atoms with Crippen molar-refractivity contribution in [3.63, 3.8) is 0 Å². The first-order valence-corrected chi connectivity index (χ1v) is 12.2. The topological polar surface area (TPSA) is 107 Å². The molecule has 1 atom stereocenters. The highest BCUT2D eigenvalue weighted by Crippen LogP contribution is 2.37. The highest BCUT2D eigenvalue weighted by atomic mass is 16.7. The summed E-state index contributed by atoms with van der Waals surface area (Å²) in [5.74, 6) is 1.80. The van der Waals surface area contributed by atoms with Crippen molar-refractivity contribution in [1.29, 1.82) is 0 Å². The lowest BCUT2D eigenvalue weighted by Gasteiger charge is -2.33. The van der Waals surface area contributed by atoms with Crippen LogP contribution in [0.5, 0.6) is 23.0 Å². The van der Waals surface area contributed by atoms with Gasteiger partial charge in [0, 0.05) is 55.5 Å². The van der Waals surface area contributed by atoms with Crippen LogP contribution in [0.15, 0.2) is 36.4 Å². The van der Waals surface area contributed by atoms with Crippen LogP contribution in [0.4, 0.5) is 11.4 Å². The number of likely N-dealkylation sites (tertiary alicyclic amines) is 1. The molecule has 6 rings (SSSR count). The summed E-state index contributed by atoms with van der Waals surface area (Å²) >= 11 is 0. The van der Waals surface area contributed by atoms with E-state index in [1.54, 1.807) is 40.1 Å². The number of anilines is 2. The number of carbonyl (C=O) groups excluding carboxylic acids is 3. The molecule has 188 valence electrons. The average Bonchev–Trinajstić information content (AvgIpc) is 3.54. The number of benzene rings is 2. The zero-order chi connectivity index (χ0) is 24.6. The van der Waals surface area contributed by atoms with E-state index in [2.05, 4.69) is 5.32 Å². The maximum atomic E-state index is 13.2. The zero-order valence-corrected chi connectivity index (χ0v) is 19.7. The Balaban J connectivity index is 1.03. The van der Waals surface area contributed by atoms with Crippen molar-refractivity contribution in [1.82, 2.24) is 4.90 Å². The fourth-order valence-corrected chi connectivity index (χ4v) is 5.16. The number of rotatable bonds is 4. The van der Waals surface area contributed by atoms with Crippen LogP contribution in [-0.4, -0.2) is 62.3 Å². The molecule has 2 saturated heterocycles. The third-order valence-electron chi connectivity index (χ3n) is 7.13. The van der Waals surface area contributed by atoms with Crippen LogP contribution in [0.3, 0.4) is 0 Å². The van der Waals surface area contributed by atoms with E-state index in [1.807, 2.05) is 6.07 Å². The predicted molar refractivity (Wildman–Crippen MR) is 128 cm³/mol. The summed E-state index contributed by atoms with van der Waals surface area (Å²) in [6.07, 6.45) is 1.33. The summed E-state index contributed by atoms with van der Waals surface area (Å²) in [6, 6.07) is 10.7. The van der Waals surface area contributed by atoms with E-state index in [0.717, 1.165) is 0 Å². The molecule has 10 heteroatoms. The summed E-state index contributed by atoms with van der Waals surface area (Å²) in [5.41, 5.74) is 1.37. The van der Waals surface area contributed by atoms with Crippen LogP contribution in [-0.2, 0) is 14.4 Å². The molecule has 2 aromatic carbocycles. The Bertz CT molecular complexity index is 1210. The van der Waals surface area contributed by atoms with Gasteiger partial charge in [-0.25, -0.2) is 0 Å². The summed E-state index contributed by atoms with van der Waals surface area (Å²) < 4.78 is 21.9. The number of amides is 3. The lowest BCUT2D eigenvalue weighted by Crippen LogP contribution is -2.44. The number of nitrogens with one attached hydrogen (secondary N) is 1. The molecule has 4 heterocycles. The molecular formula is C26H27N3O7. The first-order chi connectivity index (χ1) is 17.5. The molecule has 0 radical (unpaired) electrons. The minimum Gasteiger partial charge on any atom is -0.486 e. The van der Waals surface area contributed by atoms with Gasteiger partial charge in [-0.1, -0.05) is 0 Å². The Morgan fingerprint density at radius 1 is 0.833 bits per heavy atom. The van der Waals surface area contributed by atoms with Gasteiger partial charge in [0.2, 0.25) is 24.5 Å². The molecular weight excluding hydrogens is 466 g/mol. The van der Waals surface area contributed by atoms with Crippen molar-refractivity contribution in [3.05, 3.63) is 36.4 Å². The second-order valence-electron chi connectivity index (χ2n) is 9.39. The van der Waals surface area contributed by atoms with Gasteiger partial charge in [0.25, 0.3) is 0 Å². The average molecular weight is 494 g/mol. The van der Waals surface area contributed by atoms with E-state index in [1.165, 1.54) is 0 Å². The molecule has 2 fully saturated rings. The van der Waals surface area contributed by atoms with E-state index < -0.39 is 5.92 Å². The molecule has 0 saturated carbocycles. The molecule has 4 aliphatic heterocycles. The van der Waals surface area contributed by atoms with Gasteiger partial charge in [0.15, 0.2) is 23.0 Å². The smallest absolute Gasteiger partial charge is 0.231 e. The van der Waals surface area contributed by atoms with Gasteiger partial charge in [0.1, 0.15) is 13.2 Å². The monoisotopic (exact) mass is 493 g/mol. The molecule has 2 aromatic rings. The van der Waals surface area contributed by atoms with E-state index in [4.69, 9.17) is 18.9 Å². The summed E-state index contributed by atoms with van der Waals surface area (Å²) in [7, 11) is 0. The third-order valence-corrected chi connectivity index (χ3v) is 7.13. The third kappa shape index (κ3) is 4.27. The first-order valence-electron chi connectivity index (χ1n) is 12.2. The van der Waals surface area contributed by atoms with Crippen molar-refractivity contribution >= 4 is 29.1 Å². The summed E-state index contributed by atoms with van der Waals surface area (Å²) in [5, 5.41) is 2.94. The second-order valence-corrected chi connectivity index (χ2v) is 9.39. The quantitative estimate of drug-likeness (QED) is 0.697. The maximum Gasteiger partial charge on any atom is 0.231 e. The second kappa shape index (κ2) is 9.25. The van der Waals surface area contributed by atoms with Gasteiger partial charge in [-0.15, -0.1) is 0 Å². The molecule has 3 amide bonds. The molecule has 0 aliphatic carbocycles. The normalized spacial score (nSPS) is 21.0. The maximum absolute atomic E-state index is 13.2. The molecule has 4 aliphatic rings. The van der Waals surface area contributed by atoms with Crippen LogP contribution >= 0.6 is 0 Å². The minimum atomic E-state index is -0.398. The number of hydrogen-bond acceptors (Lipinski definition) is 7. The van der Waals surface area contributed by atoms with Crippen LogP contribution in [0.25, 0.3) is 0 Å². The molecule has 10 nitrogen and oxygen atoms in total. The van der Waals surface area contributed by atoms with Crippen LogP contribution in [0, 0.1) is 11.8 Å². The van der Waals surface area contributed by atoms with Crippen molar-refractivity contribution in [2.24, 2.45) is 11.8 Å². The van der Waals surface area contributed by atoms with Crippen molar-refractivity contribution in [2.75, 3.05) is 49.9 Å². The Morgan fingerprint density at radius 3 is 2.36 bits per heavy atom. The van der Waals surface area contributed by atoms with E-state index in [0.29, 0.717) is 80.1 Å². The zero-order valence-electron chi connectivity index (χ0n) is 19.7. The van der Waals surface area contributed by atoms with Crippen LogP contribution in [0.1, 0.15) is 19.3 Å². The lowest BCUT2D eigenvalue weighted by atomic mass is 9.94. The highest BCUT2D eigenvalue weighted by Gasteiger charge is 2.39. The van der Waals surface area contributed by atoms with Gasteiger partial charge in [-0.3, -0.25) is 14.4 Å².